The smallest absolute Gasteiger partial charge is 0.0534 e. The number of hydrogen-bond donors (Lipinski definition) is 1. The fourth-order valence-corrected chi connectivity index (χ4v) is 1.36. The highest BCUT2D eigenvalue weighted by Crippen LogP contribution is 2.45. The van der Waals surface area contributed by atoms with Crippen molar-refractivity contribution in [2.24, 2.45) is 5.41 Å². The molecule has 66 valence electrons. The van der Waals surface area contributed by atoms with E-state index in [1.165, 1.54) is 12.8 Å². The lowest BCUT2D eigenvalue weighted by atomic mass is 10.1. The van der Waals surface area contributed by atoms with Crippen molar-refractivity contribution in [3.63, 3.8) is 0 Å². The Bertz CT molecular complexity index is 110. The molecule has 2 nitrogen and oxygen atoms in total. The lowest BCUT2D eigenvalue weighted by molar-refractivity contribution is 0.0910. The van der Waals surface area contributed by atoms with Gasteiger partial charge < -0.3 is 10.1 Å². The zero-order valence-electron chi connectivity index (χ0n) is 7.65. The molecule has 1 N–H and O–H groups in total. The van der Waals surface area contributed by atoms with Crippen LogP contribution in [0.25, 0.3) is 0 Å². The number of hydrogen-bond acceptors (Lipinski definition) is 2. The van der Waals surface area contributed by atoms with Gasteiger partial charge in [-0.15, -0.1) is 0 Å². The predicted octanol–water partition coefficient (Wildman–Crippen LogP) is 1.41. The van der Waals surface area contributed by atoms with Crippen LogP contribution in [0.5, 0.6) is 0 Å². The second-order valence-electron chi connectivity index (χ2n) is 3.58. The molecule has 0 bridgehead atoms. The van der Waals surface area contributed by atoms with E-state index >= 15 is 0 Å². The van der Waals surface area contributed by atoms with Gasteiger partial charge in [0.2, 0.25) is 0 Å². The molecule has 1 rings (SSSR count). The number of ether oxygens (including phenoxy) is 1. The van der Waals surface area contributed by atoms with E-state index < -0.39 is 0 Å². The van der Waals surface area contributed by atoms with Crippen molar-refractivity contribution in [2.75, 3.05) is 26.8 Å². The van der Waals surface area contributed by atoms with Crippen LogP contribution < -0.4 is 5.32 Å². The van der Waals surface area contributed by atoms with Gasteiger partial charge in [0.15, 0.2) is 0 Å². The lowest BCUT2D eigenvalue weighted by Crippen LogP contribution is -2.24. The van der Waals surface area contributed by atoms with Crippen LogP contribution >= 0.6 is 0 Å². The van der Waals surface area contributed by atoms with E-state index in [9.17, 15) is 0 Å². The van der Waals surface area contributed by atoms with E-state index in [0.29, 0.717) is 5.41 Å². The molecule has 0 saturated heterocycles. The van der Waals surface area contributed by atoms with Gasteiger partial charge >= 0.3 is 0 Å². The molecule has 0 amide bonds. The van der Waals surface area contributed by atoms with Crippen LogP contribution in [-0.4, -0.2) is 26.8 Å². The van der Waals surface area contributed by atoms with Gasteiger partial charge in [-0.25, -0.2) is 0 Å². The first kappa shape index (κ1) is 9.01. The van der Waals surface area contributed by atoms with E-state index in [-0.39, 0.29) is 0 Å². The highest BCUT2D eigenvalue weighted by atomic mass is 16.5. The van der Waals surface area contributed by atoms with Crippen LogP contribution in [0.15, 0.2) is 0 Å². The molecular formula is C9H19NO. The third-order valence-corrected chi connectivity index (χ3v) is 2.27. The third-order valence-electron chi connectivity index (χ3n) is 2.27. The zero-order chi connectivity index (χ0) is 8.16. The maximum absolute atomic E-state index is 5.52. The summed E-state index contributed by atoms with van der Waals surface area (Å²) in [5.41, 5.74) is 0.518. The van der Waals surface area contributed by atoms with Crippen LogP contribution in [-0.2, 0) is 4.74 Å². The van der Waals surface area contributed by atoms with Crippen LogP contribution in [0.1, 0.15) is 26.2 Å². The number of nitrogens with one attached hydrogen (secondary N) is 1. The van der Waals surface area contributed by atoms with Gasteiger partial charge in [-0.05, 0) is 26.3 Å². The minimum Gasteiger partial charge on any atom is -0.381 e. The van der Waals surface area contributed by atoms with E-state index in [4.69, 9.17) is 4.74 Å². The van der Waals surface area contributed by atoms with Crippen molar-refractivity contribution in [3.05, 3.63) is 0 Å². The zero-order valence-corrected chi connectivity index (χ0v) is 7.65. The van der Waals surface area contributed by atoms with E-state index in [2.05, 4.69) is 12.2 Å². The monoisotopic (exact) mass is 157 g/mol. The molecule has 0 radical (unpaired) electrons. The summed E-state index contributed by atoms with van der Waals surface area (Å²) in [6.07, 6.45) is 3.82. The van der Waals surface area contributed by atoms with Gasteiger partial charge in [-0.3, -0.25) is 0 Å². The van der Waals surface area contributed by atoms with Crippen LogP contribution in [0.2, 0.25) is 0 Å². The first-order chi connectivity index (χ1) is 5.33. The molecule has 1 aliphatic rings. The standard InChI is InChI=1S/C9H19NO/c1-3-6-11-8-9(4-5-9)7-10-2/h10H,3-8H2,1-2H3. The Morgan fingerprint density at radius 1 is 1.45 bits per heavy atom. The van der Waals surface area contributed by atoms with Gasteiger partial charge in [0, 0.05) is 18.6 Å². The number of rotatable bonds is 6. The molecule has 0 heterocycles. The van der Waals surface area contributed by atoms with Crippen molar-refractivity contribution in [1.29, 1.82) is 0 Å². The Balaban J connectivity index is 2.04. The summed E-state index contributed by atoms with van der Waals surface area (Å²) in [5.74, 6) is 0. The highest BCUT2D eigenvalue weighted by molar-refractivity contribution is 4.94. The molecule has 11 heavy (non-hydrogen) atoms. The molecule has 0 atom stereocenters. The van der Waals surface area contributed by atoms with E-state index in [0.717, 1.165) is 26.2 Å². The van der Waals surface area contributed by atoms with Gasteiger partial charge in [0.25, 0.3) is 0 Å². The van der Waals surface area contributed by atoms with Gasteiger partial charge in [-0.1, -0.05) is 6.92 Å². The summed E-state index contributed by atoms with van der Waals surface area (Å²) in [6, 6.07) is 0. The van der Waals surface area contributed by atoms with Crippen molar-refractivity contribution in [2.45, 2.75) is 26.2 Å². The molecule has 1 aliphatic carbocycles. The van der Waals surface area contributed by atoms with Gasteiger partial charge in [-0.2, -0.15) is 0 Å². The fourth-order valence-electron chi connectivity index (χ4n) is 1.36. The van der Waals surface area contributed by atoms with Crippen molar-refractivity contribution in [3.8, 4) is 0 Å². The van der Waals surface area contributed by atoms with E-state index in [1.54, 1.807) is 0 Å². The van der Waals surface area contributed by atoms with Gasteiger partial charge in [0.1, 0.15) is 0 Å². The normalized spacial score (nSPS) is 20.2. The average Bonchev–Trinajstić information content (AvgIpc) is 2.71. The Labute approximate surface area is 69.3 Å². The van der Waals surface area contributed by atoms with Gasteiger partial charge in [0.05, 0.1) is 6.61 Å². The second-order valence-corrected chi connectivity index (χ2v) is 3.58. The average molecular weight is 157 g/mol. The topological polar surface area (TPSA) is 21.3 Å². The molecule has 1 fully saturated rings. The van der Waals surface area contributed by atoms with Crippen molar-refractivity contribution in [1.82, 2.24) is 5.32 Å². The second kappa shape index (κ2) is 4.07. The summed E-state index contributed by atoms with van der Waals surface area (Å²) in [4.78, 5) is 0. The SMILES string of the molecule is CCCOCC1(CNC)CC1. The Morgan fingerprint density at radius 3 is 2.64 bits per heavy atom. The molecule has 1 saturated carbocycles. The molecule has 0 aromatic heterocycles. The largest absolute Gasteiger partial charge is 0.381 e. The molecule has 0 aromatic carbocycles. The lowest BCUT2D eigenvalue weighted by Gasteiger charge is -2.13. The minimum atomic E-state index is 0.518. The Hall–Kier alpha value is -0.0800. The molecule has 0 unspecified atom stereocenters. The highest BCUT2D eigenvalue weighted by Gasteiger charge is 2.41. The Morgan fingerprint density at radius 2 is 2.18 bits per heavy atom. The maximum Gasteiger partial charge on any atom is 0.0534 e. The fraction of sp³-hybridized carbons (Fsp3) is 1.00. The third kappa shape index (κ3) is 2.80. The molecular weight excluding hydrogens is 138 g/mol. The predicted molar refractivity (Wildman–Crippen MR) is 46.7 cm³/mol. The minimum absolute atomic E-state index is 0.518. The van der Waals surface area contributed by atoms with Crippen molar-refractivity contribution >= 4 is 0 Å². The molecule has 0 spiro atoms. The summed E-state index contributed by atoms with van der Waals surface area (Å²) in [7, 11) is 2.01. The molecule has 0 aliphatic heterocycles. The van der Waals surface area contributed by atoms with Crippen LogP contribution in [0, 0.1) is 5.41 Å². The summed E-state index contributed by atoms with van der Waals surface area (Å²) in [5, 5.41) is 3.22. The summed E-state index contributed by atoms with van der Waals surface area (Å²) >= 11 is 0. The van der Waals surface area contributed by atoms with Crippen LogP contribution in [0.4, 0.5) is 0 Å². The van der Waals surface area contributed by atoms with E-state index in [1.807, 2.05) is 7.05 Å². The summed E-state index contributed by atoms with van der Waals surface area (Å²) in [6.45, 7) is 5.15. The quantitative estimate of drug-likeness (QED) is 0.589. The molecule has 0 aromatic rings. The summed E-state index contributed by atoms with van der Waals surface area (Å²) < 4.78 is 5.52. The van der Waals surface area contributed by atoms with Crippen molar-refractivity contribution < 1.29 is 4.74 Å². The van der Waals surface area contributed by atoms with Crippen LogP contribution in [0.3, 0.4) is 0 Å². The maximum atomic E-state index is 5.52. The molecule has 2 heteroatoms. The first-order valence-corrected chi connectivity index (χ1v) is 4.55. The first-order valence-electron chi connectivity index (χ1n) is 4.55. The Kier molecular flexibility index (Phi) is 3.34.